The van der Waals surface area contributed by atoms with Crippen LogP contribution in [0.15, 0.2) is 37.1 Å². The minimum Gasteiger partial charge on any atom is -0.497 e. The van der Waals surface area contributed by atoms with Gasteiger partial charge in [0.15, 0.2) is 0 Å². The van der Waals surface area contributed by atoms with Gasteiger partial charge in [-0.3, -0.25) is 0 Å². The Kier molecular flexibility index (Phi) is 3.35. The molecule has 2 nitrogen and oxygen atoms in total. The maximum Gasteiger partial charge on any atom is 0.112 e. The largest absolute Gasteiger partial charge is 0.497 e. The molecule has 0 radical (unpaired) electrons. The molecule has 12 heavy (non-hydrogen) atoms. The van der Waals surface area contributed by atoms with Crippen LogP contribution < -0.4 is 0 Å². The SMILES string of the molecule is C=COCc1ccc(CO)cc1. The number of aliphatic hydroxyl groups excluding tert-OH is 1. The van der Waals surface area contributed by atoms with Crippen LogP contribution in [0.25, 0.3) is 0 Å². The molecular weight excluding hydrogens is 152 g/mol. The first-order chi connectivity index (χ1) is 5.86. The van der Waals surface area contributed by atoms with Crippen molar-refractivity contribution in [1.82, 2.24) is 0 Å². The summed E-state index contributed by atoms with van der Waals surface area (Å²) in [6.45, 7) is 4.07. The molecule has 0 bridgehead atoms. The minimum absolute atomic E-state index is 0.0859. The van der Waals surface area contributed by atoms with E-state index in [4.69, 9.17) is 9.84 Å². The molecule has 64 valence electrons. The van der Waals surface area contributed by atoms with Gasteiger partial charge in [0, 0.05) is 0 Å². The number of rotatable bonds is 4. The molecular formula is C10H12O2. The lowest BCUT2D eigenvalue weighted by Gasteiger charge is -2.01. The topological polar surface area (TPSA) is 29.5 Å². The van der Waals surface area contributed by atoms with Crippen LogP contribution in [-0.2, 0) is 18.0 Å². The Morgan fingerprint density at radius 1 is 1.25 bits per heavy atom. The molecule has 1 aromatic rings. The predicted molar refractivity (Wildman–Crippen MR) is 47.4 cm³/mol. The van der Waals surface area contributed by atoms with Gasteiger partial charge >= 0.3 is 0 Å². The summed E-state index contributed by atoms with van der Waals surface area (Å²) in [6.07, 6.45) is 1.42. The van der Waals surface area contributed by atoms with E-state index in [1.54, 1.807) is 0 Å². The van der Waals surface area contributed by atoms with E-state index < -0.39 is 0 Å². The Morgan fingerprint density at radius 3 is 2.33 bits per heavy atom. The number of hydrogen-bond acceptors (Lipinski definition) is 2. The lowest BCUT2D eigenvalue weighted by atomic mass is 10.1. The monoisotopic (exact) mass is 164 g/mol. The summed E-state index contributed by atoms with van der Waals surface area (Å²) in [5.74, 6) is 0. The van der Waals surface area contributed by atoms with Crippen molar-refractivity contribution >= 4 is 0 Å². The third-order valence-corrected chi connectivity index (χ3v) is 1.57. The van der Waals surface area contributed by atoms with Crippen molar-refractivity contribution in [3.8, 4) is 0 Å². The van der Waals surface area contributed by atoms with Gasteiger partial charge in [-0.25, -0.2) is 0 Å². The van der Waals surface area contributed by atoms with Crippen molar-refractivity contribution in [2.75, 3.05) is 0 Å². The van der Waals surface area contributed by atoms with Gasteiger partial charge in [0.1, 0.15) is 6.61 Å². The zero-order valence-corrected chi connectivity index (χ0v) is 6.86. The summed E-state index contributed by atoms with van der Waals surface area (Å²) in [5.41, 5.74) is 1.99. The van der Waals surface area contributed by atoms with Crippen LogP contribution >= 0.6 is 0 Å². The second-order valence-electron chi connectivity index (χ2n) is 2.45. The van der Waals surface area contributed by atoms with E-state index in [0.717, 1.165) is 11.1 Å². The van der Waals surface area contributed by atoms with Gasteiger partial charge in [-0.15, -0.1) is 0 Å². The lowest BCUT2D eigenvalue weighted by Crippen LogP contribution is -1.87. The van der Waals surface area contributed by atoms with Gasteiger partial charge in [-0.1, -0.05) is 30.8 Å². The van der Waals surface area contributed by atoms with Crippen molar-refractivity contribution in [2.24, 2.45) is 0 Å². The molecule has 2 heteroatoms. The lowest BCUT2D eigenvalue weighted by molar-refractivity contribution is 0.237. The van der Waals surface area contributed by atoms with E-state index in [0.29, 0.717) is 6.61 Å². The van der Waals surface area contributed by atoms with Gasteiger partial charge in [0.2, 0.25) is 0 Å². The predicted octanol–water partition coefficient (Wildman–Crippen LogP) is 1.84. The summed E-state index contributed by atoms with van der Waals surface area (Å²) in [7, 11) is 0. The van der Waals surface area contributed by atoms with Crippen LogP contribution in [0.4, 0.5) is 0 Å². The van der Waals surface area contributed by atoms with Crippen LogP contribution in [0.2, 0.25) is 0 Å². The van der Waals surface area contributed by atoms with Gasteiger partial charge < -0.3 is 9.84 Å². The van der Waals surface area contributed by atoms with Crippen LogP contribution in [-0.4, -0.2) is 5.11 Å². The Morgan fingerprint density at radius 2 is 1.83 bits per heavy atom. The molecule has 0 aromatic heterocycles. The van der Waals surface area contributed by atoms with E-state index in [1.807, 2.05) is 24.3 Å². The van der Waals surface area contributed by atoms with Gasteiger partial charge in [0.25, 0.3) is 0 Å². The fraction of sp³-hybridized carbons (Fsp3) is 0.200. The summed E-state index contributed by atoms with van der Waals surface area (Å²) >= 11 is 0. The van der Waals surface area contributed by atoms with Gasteiger partial charge in [0.05, 0.1) is 12.9 Å². The van der Waals surface area contributed by atoms with E-state index in [9.17, 15) is 0 Å². The second-order valence-corrected chi connectivity index (χ2v) is 2.45. The molecule has 0 fully saturated rings. The summed E-state index contributed by atoms with van der Waals surface area (Å²) in [6, 6.07) is 7.60. The third kappa shape index (κ3) is 2.40. The normalized spacial score (nSPS) is 9.42. The van der Waals surface area contributed by atoms with Gasteiger partial charge in [-0.2, -0.15) is 0 Å². The summed E-state index contributed by atoms with van der Waals surface area (Å²) < 4.78 is 4.99. The zero-order valence-electron chi connectivity index (χ0n) is 6.86. The Bertz CT molecular complexity index is 239. The highest BCUT2D eigenvalue weighted by Crippen LogP contribution is 2.05. The smallest absolute Gasteiger partial charge is 0.112 e. The molecule has 1 N–H and O–H groups in total. The third-order valence-electron chi connectivity index (χ3n) is 1.57. The van der Waals surface area contributed by atoms with Crippen LogP contribution in [0.5, 0.6) is 0 Å². The second kappa shape index (κ2) is 4.57. The average molecular weight is 164 g/mol. The summed E-state index contributed by atoms with van der Waals surface area (Å²) in [4.78, 5) is 0. The molecule has 0 saturated heterocycles. The van der Waals surface area contributed by atoms with Crippen molar-refractivity contribution in [3.05, 3.63) is 48.2 Å². The number of hydrogen-bond donors (Lipinski definition) is 1. The average Bonchev–Trinajstić information content (AvgIpc) is 2.15. The highest BCUT2D eigenvalue weighted by Gasteiger charge is 1.92. The maximum absolute atomic E-state index is 8.76. The first-order valence-electron chi connectivity index (χ1n) is 3.78. The van der Waals surface area contributed by atoms with Crippen LogP contribution in [0.1, 0.15) is 11.1 Å². The molecule has 1 rings (SSSR count). The molecule has 0 aliphatic heterocycles. The quantitative estimate of drug-likeness (QED) is 0.688. The van der Waals surface area contributed by atoms with E-state index in [-0.39, 0.29) is 6.61 Å². The van der Waals surface area contributed by atoms with Crippen molar-refractivity contribution in [3.63, 3.8) is 0 Å². The maximum atomic E-state index is 8.76. The van der Waals surface area contributed by atoms with E-state index >= 15 is 0 Å². The van der Waals surface area contributed by atoms with Crippen molar-refractivity contribution < 1.29 is 9.84 Å². The standard InChI is InChI=1S/C10H12O2/c1-2-12-8-10-5-3-9(7-11)4-6-10/h2-6,11H,1,7-8H2. The molecule has 0 atom stereocenters. The zero-order chi connectivity index (χ0) is 8.81. The fourth-order valence-corrected chi connectivity index (χ4v) is 0.896. The van der Waals surface area contributed by atoms with Crippen LogP contribution in [0, 0.1) is 0 Å². The molecule has 0 aliphatic rings. The first kappa shape index (κ1) is 8.81. The van der Waals surface area contributed by atoms with Crippen LogP contribution in [0.3, 0.4) is 0 Å². The molecule has 0 heterocycles. The molecule has 0 spiro atoms. The first-order valence-corrected chi connectivity index (χ1v) is 3.78. The minimum atomic E-state index is 0.0859. The summed E-state index contributed by atoms with van der Waals surface area (Å²) in [5, 5.41) is 8.76. The van der Waals surface area contributed by atoms with Crippen molar-refractivity contribution in [2.45, 2.75) is 13.2 Å². The van der Waals surface area contributed by atoms with E-state index in [1.165, 1.54) is 6.26 Å². The Labute approximate surface area is 72.1 Å². The molecule has 0 unspecified atom stereocenters. The number of benzene rings is 1. The molecule has 1 aromatic carbocycles. The fourth-order valence-electron chi connectivity index (χ4n) is 0.896. The van der Waals surface area contributed by atoms with E-state index in [2.05, 4.69) is 6.58 Å². The molecule has 0 amide bonds. The molecule has 0 saturated carbocycles. The Hall–Kier alpha value is -1.28. The highest BCUT2D eigenvalue weighted by molar-refractivity contribution is 5.21. The number of ether oxygens (including phenoxy) is 1. The van der Waals surface area contributed by atoms with Gasteiger partial charge in [-0.05, 0) is 11.1 Å². The molecule has 0 aliphatic carbocycles. The Balaban J connectivity index is 2.58. The number of aliphatic hydroxyl groups is 1. The highest BCUT2D eigenvalue weighted by atomic mass is 16.5. The van der Waals surface area contributed by atoms with Crippen molar-refractivity contribution in [1.29, 1.82) is 0 Å².